The van der Waals surface area contributed by atoms with Crippen molar-refractivity contribution in [1.82, 2.24) is 0 Å². The maximum absolute atomic E-state index is 12.7. The second kappa shape index (κ2) is 4.79. The summed E-state index contributed by atoms with van der Waals surface area (Å²) < 4.78 is 17.8. The van der Waals surface area contributed by atoms with Crippen molar-refractivity contribution in [3.8, 4) is 5.75 Å². The predicted octanol–water partition coefficient (Wildman–Crippen LogP) is 3.43. The molecule has 0 spiro atoms. The van der Waals surface area contributed by atoms with Gasteiger partial charge in [0.1, 0.15) is 11.6 Å². The average Bonchev–Trinajstić information content (AvgIpc) is 2.32. The van der Waals surface area contributed by atoms with Gasteiger partial charge >= 0.3 is 0 Å². The van der Waals surface area contributed by atoms with Gasteiger partial charge in [-0.05, 0) is 35.4 Å². The third-order valence-electron chi connectivity index (χ3n) is 2.30. The maximum atomic E-state index is 12.7. The van der Waals surface area contributed by atoms with E-state index >= 15 is 0 Å². The van der Waals surface area contributed by atoms with E-state index in [-0.39, 0.29) is 5.82 Å². The normalized spacial score (nSPS) is 10.1. The number of ether oxygens (including phenoxy) is 1. The molecule has 0 aliphatic carbocycles. The van der Waals surface area contributed by atoms with E-state index in [1.807, 2.05) is 30.7 Å². The first-order valence-corrected chi connectivity index (χ1v) is 5.02. The third-order valence-corrected chi connectivity index (χ3v) is 2.30. The summed E-state index contributed by atoms with van der Waals surface area (Å²) in [4.78, 5) is 0. The van der Waals surface area contributed by atoms with Crippen LogP contribution in [0.15, 0.2) is 48.5 Å². The van der Waals surface area contributed by atoms with Crippen LogP contribution in [-0.4, -0.2) is 7.11 Å². The molecule has 1 radical (unpaired) electrons. The molecule has 2 rings (SSSR count). The van der Waals surface area contributed by atoms with Gasteiger partial charge in [-0.3, -0.25) is 0 Å². The molecule has 0 bridgehead atoms. The lowest BCUT2D eigenvalue weighted by molar-refractivity contribution is 0.414. The lowest BCUT2D eigenvalue weighted by Gasteiger charge is -2.04. The zero-order chi connectivity index (χ0) is 11.4. The Labute approximate surface area is 94.5 Å². The number of rotatable bonds is 3. The summed E-state index contributed by atoms with van der Waals surface area (Å²) >= 11 is 0. The summed E-state index contributed by atoms with van der Waals surface area (Å²) in [6.45, 7) is 0. The van der Waals surface area contributed by atoms with Crippen molar-refractivity contribution in [3.63, 3.8) is 0 Å². The summed E-state index contributed by atoms with van der Waals surface area (Å²) in [5.74, 6) is 0.596. The lowest BCUT2D eigenvalue weighted by atomic mass is 10.0. The van der Waals surface area contributed by atoms with E-state index in [1.165, 1.54) is 12.1 Å². The highest BCUT2D eigenvalue weighted by Gasteiger charge is 1.99. The Kier molecular flexibility index (Phi) is 3.20. The second-order valence-corrected chi connectivity index (χ2v) is 3.47. The monoisotopic (exact) mass is 215 g/mol. The highest BCUT2D eigenvalue weighted by atomic mass is 19.1. The standard InChI is InChI=1S/C14H12FO/c1-16-14-4-2-3-12(10-14)9-11-5-7-13(15)8-6-11/h2-10H,1H3. The van der Waals surface area contributed by atoms with Crippen molar-refractivity contribution in [2.24, 2.45) is 0 Å². The van der Waals surface area contributed by atoms with Crippen LogP contribution in [0.3, 0.4) is 0 Å². The lowest BCUT2D eigenvalue weighted by Crippen LogP contribution is -1.88. The van der Waals surface area contributed by atoms with Gasteiger partial charge in [0.2, 0.25) is 0 Å². The molecule has 0 aliphatic rings. The molecule has 0 saturated heterocycles. The van der Waals surface area contributed by atoms with Gasteiger partial charge in [0.15, 0.2) is 0 Å². The molecule has 2 aromatic carbocycles. The van der Waals surface area contributed by atoms with E-state index in [9.17, 15) is 4.39 Å². The fourth-order valence-corrected chi connectivity index (χ4v) is 1.48. The van der Waals surface area contributed by atoms with E-state index in [0.717, 1.165) is 16.9 Å². The zero-order valence-corrected chi connectivity index (χ0v) is 8.98. The van der Waals surface area contributed by atoms with Gasteiger partial charge in [0.05, 0.1) is 7.11 Å². The van der Waals surface area contributed by atoms with E-state index in [0.29, 0.717) is 0 Å². The largest absolute Gasteiger partial charge is 0.497 e. The first-order chi connectivity index (χ1) is 7.78. The molecular weight excluding hydrogens is 203 g/mol. The Balaban J connectivity index is 2.16. The molecule has 2 heteroatoms. The minimum Gasteiger partial charge on any atom is -0.497 e. The smallest absolute Gasteiger partial charge is 0.123 e. The quantitative estimate of drug-likeness (QED) is 0.762. The second-order valence-electron chi connectivity index (χ2n) is 3.47. The third kappa shape index (κ3) is 2.60. The fourth-order valence-electron chi connectivity index (χ4n) is 1.48. The van der Waals surface area contributed by atoms with Gasteiger partial charge in [-0.25, -0.2) is 4.39 Å². The van der Waals surface area contributed by atoms with Gasteiger partial charge in [-0.2, -0.15) is 0 Å². The molecular formula is C14H12FO. The molecule has 0 atom stereocenters. The van der Waals surface area contributed by atoms with Crippen LogP contribution in [0.4, 0.5) is 4.39 Å². The summed E-state index contributed by atoms with van der Waals surface area (Å²) in [5.41, 5.74) is 2.00. The fraction of sp³-hybridized carbons (Fsp3) is 0.0714. The number of hydrogen-bond donors (Lipinski definition) is 0. The number of benzene rings is 2. The molecule has 16 heavy (non-hydrogen) atoms. The van der Waals surface area contributed by atoms with Crippen LogP contribution < -0.4 is 4.74 Å². The van der Waals surface area contributed by atoms with E-state index in [2.05, 4.69) is 0 Å². The van der Waals surface area contributed by atoms with Crippen LogP contribution in [0.1, 0.15) is 11.1 Å². The zero-order valence-electron chi connectivity index (χ0n) is 8.98. The first-order valence-electron chi connectivity index (χ1n) is 5.02. The van der Waals surface area contributed by atoms with Gasteiger partial charge in [0.25, 0.3) is 0 Å². The Morgan fingerprint density at radius 1 is 1.00 bits per heavy atom. The van der Waals surface area contributed by atoms with Gasteiger partial charge in [-0.15, -0.1) is 0 Å². The Hall–Kier alpha value is -1.83. The molecule has 0 saturated carbocycles. The van der Waals surface area contributed by atoms with Gasteiger partial charge in [0, 0.05) is 6.42 Å². The summed E-state index contributed by atoms with van der Waals surface area (Å²) in [6, 6.07) is 14.1. The van der Waals surface area contributed by atoms with Crippen LogP contribution in [0, 0.1) is 12.2 Å². The highest BCUT2D eigenvalue weighted by Crippen LogP contribution is 2.17. The van der Waals surface area contributed by atoms with Crippen LogP contribution in [0.25, 0.3) is 0 Å². The molecule has 0 fully saturated rings. The van der Waals surface area contributed by atoms with Crippen molar-refractivity contribution in [1.29, 1.82) is 0 Å². The van der Waals surface area contributed by atoms with Crippen molar-refractivity contribution >= 4 is 0 Å². The molecule has 0 aromatic heterocycles. The van der Waals surface area contributed by atoms with Crippen LogP contribution >= 0.6 is 0 Å². The Bertz CT molecular complexity index is 462. The van der Waals surface area contributed by atoms with Crippen molar-refractivity contribution in [2.45, 2.75) is 0 Å². The predicted molar refractivity (Wildman–Crippen MR) is 61.9 cm³/mol. The molecule has 2 aromatic rings. The minimum absolute atomic E-state index is 0.220. The van der Waals surface area contributed by atoms with E-state index < -0.39 is 0 Å². The topological polar surface area (TPSA) is 9.23 Å². The minimum atomic E-state index is -0.220. The van der Waals surface area contributed by atoms with Crippen molar-refractivity contribution < 1.29 is 9.13 Å². The average molecular weight is 215 g/mol. The Morgan fingerprint density at radius 3 is 2.44 bits per heavy atom. The van der Waals surface area contributed by atoms with Crippen molar-refractivity contribution in [2.75, 3.05) is 7.11 Å². The SMILES string of the molecule is COc1cccc([CH]c2ccc(F)cc2)c1. The molecule has 0 aliphatic heterocycles. The molecule has 0 N–H and O–H groups in total. The highest BCUT2D eigenvalue weighted by molar-refractivity contribution is 5.40. The summed E-state index contributed by atoms with van der Waals surface area (Å²) in [7, 11) is 1.64. The molecule has 0 amide bonds. The first kappa shape index (κ1) is 10.7. The molecule has 0 unspecified atom stereocenters. The Morgan fingerprint density at radius 2 is 1.75 bits per heavy atom. The van der Waals surface area contributed by atoms with Crippen LogP contribution in [0.2, 0.25) is 0 Å². The van der Waals surface area contributed by atoms with Gasteiger partial charge < -0.3 is 4.74 Å². The van der Waals surface area contributed by atoms with Crippen LogP contribution in [0.5, 0.6) is 5.75 Å². The summed E-state index contributed by atoms with van der Waals surface area (Å²) in [6.07, 6.45) is 1.97. The van der Waals surface area contributed by atoms with E-state index in [1.54, 1.807) is 19.2 Å². The van der Waals surface area contributed by atoms with Crippen molar-refractivity contribution in [3.05, 3.63) is 71.9 Å². The molecule has 1 nitrogen and oxygen atoms in total. The maximum Gasteiger partial charge on any atom is 0.123 e. The number of methoxy groups -OCH3 is 1. The van der Waals surface area contributed by atoms with E-state index in [4.69, 9.17) is 4.74 Å². The number of hydrogen-bond acceptors (Lipinski definition) is 1. The van der Waals surface area contributed by atoms with Crippen LogP contribution in [-0.2, 0) is 0 Å². The molecule has 81 valence electrons. The van der Waals surface area contributed by atoms with Gasteiger partial charge in [-0.1, -0.05) is 24.3 Å². The number of halogens is 1. The molecule has 0 heterocycles. The summed E-state index contributed by atoms with van der Waals surface area (Å²) in [5, 5.41) is 0.